The second kappa shape index (κ2) is 5.35. The number of hydrogen-bond acceptors (Lipinski definition) is 6. The third kappa shape index (κ3) is 3.37. The summed E-state index contributed by atoms with van der Waals surface area (Å²) in [6.07, 6.45) is 4.35. The Morgan fingerprint density at radius 3 is 2.32 bits per heavy atom. The van der Waals surface area contributed by atoms with Gasteiger partial charge in [0.1, 0.15) is 16.5 Å². The van der Waals surface area contributed by atoms with Crippen molar-refractivity contribution >= 4 is 33.0 Å². The average molecular weight is 301 g/mol. The van der Waals surface area contributed by atoms with Crippen molar-refractivity contribution in [1.29, 1.82) is 0 Å². The molecule has 104 valence electrons. The molecule has 0 spiro atoms. The molecule has 0 radical (unpaired) electrons. The first-order valence-corrected chi connectivity index (χ1v) is 7.95. The van der Waals surface area contributed by atoms with Gasteiger partial charge in [-0.15, -0.1) is 0 Å². The maximum Gasteiger partial charge on any atom is 0.211 e. The number of thiocarbonyl (C=S) groups is 1. The summed E-state index contributed by atoms with van der Waals surface area (Å²) in [5.41, 5.74) is 5.93. The molecular weight excluding hydrogens is 286 g/mol. The van der Waals surface area contributed by atoms with E-state index in [1.807, 2.05) is 4.90 Å². The highest BCUT2D eigenvalue weighted by molar-refractivity contribution is 7.88. The van der Waals surface area contributed by atoms with Crippen LogP contribution < -0.4 is 10.6 Å². The third-order valence-corrected chi connectivity index (χ3v) is 4.43. The molecule has 0 aromatic carbocycles. The topological polar surface area (TPSA) is 92.4 Å². The van der Waals surface area contributed by atoms with Gasteiger partial charge >= 0.3 is 0 Å². The van der Waals surface area contributed by atoms with Gasteiger partial charge in [-0.3, -0.25) is 0 Å². The molecule has 2 N–H and O–H groups in total. The summed E-state index contributed by atoms with van der Waals surface area (Å²) in [7, 11) is -3.11. The molecule has 7 nitrogen and oxygen atoms in total. The first kappa shape index (κ1) is 14.1. The Balaban J connectivity index is 2.03. The van der Waals surface area contributed by atoms with Crippen molar-refractivity contribution in [2.75, 3.05) is 37.3 Å². The minimum absolute atomic E-state index is 0.209. The number of hydrogen-bond donors (Lipinski definition) is 1. The number of nitrogens with zero attached hydrogens (tertiary/aromatic N) is 4. The minimum Gasteiger partial charge on any atom is -0.388 e. The largest absolute Gasteiger partial charge is 0.388 e. The van der Waals surface area contributed by atoms with E-state index in [4.69, 9.17) is 18.0 Å². The summed E-state index contributed by atoms with van der Waals surface area (Å²) in [5.74, 6) is 0.702. The zero-order valence-corrected chi connectivity index (χ0v) is 12.1. The van der Waals surface area contributed by atoms with Crippen LogP contribution in [-0.4, -0.2) is 60.1 Å². The quantitative estimate of drug-likeness (QED) is 0.730. The Bertz CT molecular complexity index is 564. The normalized spacial score (nSPS) is 17.4. The van der Waals surface area contributed by atoms with Crippen LogP contribution in [0.2, 0.25) is 0 Å². The lowest BCUT2D eigenvalue weighted by molar-refractivity contribution is 0.387. The van der Waals surface area contributed by atoms with E-state index in [9.17, 15) is 8.42 Å². The standard InChI is InChI=1S/C10H15N5O2S2/c1-19(16,17)15-4-2-14(3-5-15)9-7-12-8(6-13-9)10(11)18/h6-7H,2-5H2,1H3,(H2,11,18). The van der Waals surface area contributed by atoms with Crippen molar-refractivity contribution in [3.8, 4) is 0 Å². The highest BCUT2D eigenvalue weighted by Crippen LogP contribution is 2.13. The summed E-state index contributed by atoms with van der Waals surface area (Å²) in [5, 5.41) is 0. The molecule has 2 rings (SSSR count). The zero-order chi connectivity index (χ0) is 14.0. The Morgan fingerprint density at radius 2 is 1.89 bits per heavy atom. The van der Waals surface area contributed by atoms with E-state index in [0.29, 0.717) is 37.7 Å². The van der Waals surface area contributed by atoms with Crippen molar-refractivity contribution in [2.45, 2.75) is 0 Å². The van der Waals surface area contributed by atoms with E-state index in [-0.39, 0.29) is 4.99 Å². The zero-order valence-electron chi connectivity index (χ0n) is 10.5. The summed E-state index contributed by atoms with van der Waals surface area (Å²) >= 11 is 4.81. The Kier molecular flexibility index (Phi) is 3.97. The Hall–Kier alpha value is -1.32. The summed E-state index contributed by atoms with van der Waals surface area (Å²) < 4.78 is 24.3. The van der Waals surface area contributed by atoms with Gasteiger partial charge in [0.25, 0.3) is 0 Å². The van der Waals surface area contributed by atoms with Gasteiger partial charge in [-0.25, -0.2) is 18.4 Å². The Morgan fingerprint density at radius 1 is 1.26 bits per heavy atom. The van der Waals surface area contributed by atoms with Crippen LogP contribution in [0.25, 0.3) is 0 Å². The molecule has 1 aliphatic heterocycles. The molecular formula is C10H15N5O2S2. The summed E-state index contributed by atoms with van der Waals surface area (Å²) in [6.45, 7) is 2.09. The second-order valence-corrected chi connectivity index (χ2v) is 6.70. The second-order valence-electron chi connectivity index (χ2n) is 4.27. The molecule has 1 fully saturated rings. The fraction of sp³-hybridized carbons (Fsp3) is 0.500. The van der Waals surface area contributed by atoms with Crippen molar-refractivity contribution in [1.82, 2.24) is 14.3 Å². The van der Waals surface area contributed by atoms with Crippen LogP contribution in [-0.2, 0) is 10.0 Å². The van der Waals surface area contributed by atoms with Crippen LogP contribution >= 0.6 is 12.2 Å². The molecule has 19 heavy (non-hydrogen) atoms. The molecule has 1 saturated heterocycles. The van der Waals surface area contributed by atoms with Crippen LogP contribution in [0.5, 0.6) is 0 Å². The van der Waals surface area contributed by atoms with Gasteiger partial charge in [-0.1, -0.05) is 12.2 Å². The van der Waals surface area contributed by atoms with Crippen LogP contribution in [0.1, 0.15) is 5.69 Å². The maximum atomic E-state index is 11.4. The van der Waals surface area contributed by atoms with Crippen LogP contribution in [0.15, 0.2) is 12.4 Å². The van der Waals surface area contributed by atoms with Gasteiger partial charge in [-0.05, 0) is 0 Å². The predicted octanol–water partition coefficient (Wildman–Crippen LogP) is -0.808. The van der Waals surface area contributed by atoms with Crippen molar-refractivity contribution in [3.63, 3.8) is 0 Å². The van der Waals surface area contributed by atoms with Crippen molar-refractivity contribution in [3.05, 3.63) is 18.1 Å². The van der Waals surface area contributed by atoms with Gasteiger partial charge in [0.05, 0.1) is 18.6 Å². The fourth-order valence-corrected chi connectivity index (χ4v) is 2.79. The summed E-state index contributed by atoms with van der Waals surface area (Å²) in [4.78, 5) is 10.6. The number of nitrogens with two attached hydrogens (primary N) is 1. The molecule has 0 unspecified atom stereocenters. The van der Waals surface area contributed by atoms with E-state index >= 15 is 0 Å². The number of sulfonamides is 1. The number of anilines is 1. The lowest BCUT2D eigenvalue weighted by atomic mass is 10.3. The van der Waals surface area contributed by atoms with Gasteiger partial charge in [-0.2, -0.15) is 4.31 Å². The predicted molar refractivity (Wildman–Crippen MR) is 76.5 cm³/mol. The smallest absolute Gasteiger partial charge is 0.211 e. The molecule has 1 aromatic rings. The molecule has 0 amide bonds. The van der Waals surface area contributed by atoms with E-state index in [0.717, 1.165) is 0 Å². The highest BCUT2D eigenvalue weighted by Gasteiger charge is 2.24. The number of rotatable bonds is 3. The lowest BCUT2D eigenvalue weighted by Gasteiger charge is -2.33. The van der Waals surface area contributed by atoms with Crippen LogP contribution in [0, 0.1) is 0 Å². The van der Waals surface area contributed by atoms with Crippen LogP contribution in [0.3, 0.4) is 0 Å². The number of piperazine rings is 1. The molecule has 0 aliphatic carbocycles. The molecule has 9 heteroatoms. The molecule has 0 bridgehead atoms. The molecule has 0 saturated carbocycles. The van der Waals surface area contributed by atoms with E-state index in [1.165, 1.54) is 16.8 Å². The Labute approximate surface area is 117 Å². The maximum absolute atomic E-state index is 11.4. The lowest BCUT2D eigenvalue weighted by Crippen LogP contribution is -2.48. The van der Waals surface area contributed by atoms with Gasteiger partial charge in [0, 0.05) is 26.2 Å². The fourth-order valence-electron chi connectivity index (χ4n) is 1.86. The first-order valence-electron chi connectivity index (χ1n) is 5.70. The average Bonchev–Trinajstić information content (AvgIpc) is 2.38. The summed E-state index contributed by atoms with van der Waals surface area (Å²) in [6, 6.07) is 0. The third-order valence-electron chi connectivity index (χ3n) is 2.92. The van der Waals surface area contributed by atoms with E-state index in [2.05, 4.69) is 9.97 Å². The monoisotopic (exact) mass is 301 g/mol. The van der Waals surface area contributed by atoms with Gasteiger partial charge in [0.2, 0.25) is 10.0 Å². The first-order chi connectivity index (χ1) is 8.88. The van der Waals surface area contributed by atoms with Gasteiger partial charge < -0.3 is 10.6 Å². The minimum atomic E-state index is -3.11. The SMILES string of the molecule is CS(=O)(=O)N1CCN(c2cnc(C(N)=S)cn2)CC1. The highest BCUT2D eigenvalue weighted by atomic mass is 32.2. The van der Waals surface area contributed by atoms with Gasteiger partial charge in [0.15, 0.2) is 0 Å². The van der Waals surface area contributed by atoms with Crippen molar-refractivity contribution in [2.24, 2.45) is 5.73 Å². The van der Waals surface area contributed by atoms with Crippen molar-refractivity contribution < 1.29 is 8.42 Å². The van der Waals surface area contributed by atoms with Crippen LogP contribution in [0.4, 0.5) is 5.82 Å². The number of aromatic nitrogens is 2. The molecule has 0 atom stereocenters. The molecule has 1 aromatic heterocycles. The molecule has 1 aliphatic rings. The van der Waals surface area contributed by atoms with E-state index < -0.39 is 10.0 Å². The molecule has 2 heterocycles. The van der Waals surface area contributed by atoms with E-state index in [1.54, 1.807) is 6.20 Å².